The summed E-state index contributed by atoms with van der Waals surface area (Å²) in [6, 6.07) is 8.10. The molecule has 1 unspecified atom stereocenters. The molecule has 0 radical (unpaired) electrons. The summed E-state index contributed by atoms with van der Waals surface area (Å²) < 4.78 is 0. The molecule has 0 spiro atoms. The number of likely N-dealkylation sites (tertiary alicyclic amines) is 1. The van der Waals surface area contributed by atoms with Gasteiger partial charge in [-0.15, -0.1) is 0 Å². The molecular formula is C19H28N2. The summed E-state index contributed by atoms with van der Waals surface area (Å²) in [5, 5.41) is 3.50. The van der Waals surface area contributed by atoms with Gasteiger partial charge in [-0.25, -0.2) is 0 Å². The van der Waals surface area contributed by atoms with Crippen LogP contribution in [0, 0.1) is 5.92 Å². The fourth-order valence-electron chi connectivity index (χ4n) is 4.79. The van der Waals surface area contributed by atoms with Crippen molar-refractivity contribution in [3.8, 4) is 0 Å². The van der Waals surface area contributed by atoms with Gasteiger partial charge in [0, 0.05) is 19.1 Å². The molecule has 114 valence electrons. The summed E-state index contributed by atoms with van der Waals surface area (Å²) in [7, 11) is 0. The van der Waals surface area contributed by atoms with Crippen molar-refractivity contribution in [2.75, 3.05) is 13.1 Å². The Morgan fingerprint density at radius 3 is 2.86 bits per heavy atom. The van der Waals surface area contributed by atoms with E-state index in [2.05, 4.69) is 28.4 Å². The summed E-state index contributed by atoms with van der Waals surface area (Å²) in [4.78, 5) is 2.79. The predicted molar refractivity (Wildman–Crippen MR) is 87.2 cm³/mol. The highest BCUT2D eigenvalue weighted by Gasteiger charge is 2.33. The van der Waals surface area contributed by atoms with Crippen LogP contribution < -0.4 is 5.32 Å². The molecule has 1 saturated carbocycles. The number of hydrogen-bond donors (Lipinski definition) is 1. The lowest BCUT2D eigenvalue weighted by molar-refractivity contribution is 0.183. The molecule has 21 heavy (non-hydrogen) atoms. The Hall–Kier alpha value is -0.860. The largest absolute Gasteiger partial charge is 0.312 e. The van der Waals surface area contributed by atoms with Crippen molar-refractivity contribution in [1.29, 1.82) is 0 Å². The maximum atomic E-state index is 3.50. The van der Waals surface area contributed by atoms with Crippen molar-refractivity contribution in [3.05, 3.63) is 34.9 Å². The average molecular weight is 284 g/mol. The van der Waals surface area contributed by atoms with Crippen LogP contribution in [0.2, 0.25) is 0 Å². The molecule has 1 atom stereocenters. The summed E-state index contributed by atoms with van der Waals surface area (Å²) >= 11 is 0. The van der Waals surface area contributed by atoms with E-state index in [4.69, 9.17) is 0 Å². The quantitative estimate of drug-likeness (QED) is 0.914. The van der Waals surface area contributed by atoms with Gasteiger partial charge in [-0.3, -0.25) is 4.90 Å². The van der Waals surface area contributed by atoms with Crippen LogP contribution in [-0.4, -0.2) is 24.0 Å². The number of fused-ring (bicyclic) bond motifs is 1. The molecule has 0 bridgehead atoms. The third kappa shape index (κ3) is 2.89. The van der Waals surface area contributed by atoms with Gasteiger partial charge in [-0.2, -0.15) is 0 Å². The van der Waals surface area contributed by atoms with E-state index in [-0.39, 0.29) is 0 Å². The summed E-state index contributed by atoms with van der Waals surface area (Å²) in [6.45, 7) is 4.70. The van der Waals surface area contributed by atoms with E-state index in [1.165, 1.54) is 69.2 Å². The van der Waals surface area contributed by atoms with Crippen LogP contribution in [0.3, 0.4) is 0 Å². The van der Waals surface area contributed by atoms with Gasteiger partial charge in [0.15, 0.2) is 0 Å². The Balaban J connectivity index is 1.47. The molecule has 0 amide bonds. The van der Waals surface area contributed by atoms with Crippen LogP contribution in [0.15, 0.2) is 18.2 Å². The summed E-state index contributed by atoms with van der Waals surface area (Å²) in [5.41, 5.74) is 4.63. The highest BCUT2D eigenvalue weighted by atomic mass is 15.2. The van der Waals surface area contributed by atoms with Gasteiger partial charge in [0.25, 0.3) is 0 Å². The van der Waals surface area contributed by atoms with Gasteiger partial charge in [0.1, 0.15) is 0 Å². The van der Waals surface area contributed by atoms with Crippen LogP contribution in [0.4, 0.5) is 0 Å². The van der Waals surface area contributed by atoms with Crippen molar-refractivity contribution in [1.82, 2.24) is 10.2 Å². The molecule has 1 aromatic rings. The zero-order valence-corrected chi connectivity index (χ0v) is 13.1. The minimum atomic E-state index is 0.877. The Labute approximate surface area is 128 Å². The van der Waals surface area contributed by atoms with Crippen LogP contribution in [-0.2, 0) is 19.5 Å². The number of benzene rings is 1. The van der Waals surface area contributed by atoms with E-state index >= 15 is 0 Å². The molecule has 1 aliphatic carbocycles. The van der Waals surface area contributed by atoms with Crippen molar-refractivity contribution < 1.29 is 0 Å². The van der Waals surface area contributed by atoms with Crippen molar-refractivity contribution >= 4 is 0 Å². The Kier molecular flexibility index (Phi) is 4.00. The summed E-state index contributed by atoms with van der Waals surface area (Å²) in [6.07, 6.45) is 9.96. The molecule has 2 aliphatic heterocycles. The summed E-state index contributed by atoms with van der Waals surface area (Å²) in [5.74, 6) is 0.992. The van der Waals surface area contributed by atoms with E-state index in [0.29, 0.717) is 0 Å². The van der Waals surface area contributed by atoms with Gasteiger partial charge in [-0.1, -0.05) is 31.0 Å². The van der Waals surface area contributed by atoms with Crippen molar-refractivity contribution in [2.24, 2.45) is 5.92 Å². The molecule has 3 aliphatic rings. The van der Waals surface area contributed by atoms with E-state index in [1.54, 1.807) is 5.56 Å². The first-order valence-corrected chi connectivity index (χ1v) is 8.95. The van der Waals surface area contributed by atoms with Crippen molar-refractivity contribution in [2.45, 2.75) is 64.1 Å². The van der Waals surface area contributed by atoms with Crippen LogP contribution in [0.25, 0.3) is 0 Å². The predicted octanol–water partition coefficient (Wildman–Crippen LogP) is 3.49. The zero-order chi connectivity index (χ0) is 14.1. The fraction of sp³-hybridized carbons (Fsp3) is 0.684. The molecule has 2 fully saturated rings. The Morgan fingerprint density at radius 2 is 1.95 bits per heavy atom. The van der Waals surface area contributed by atoms with Crippen LogP contribution in [0.5, 0.6) is 0 Å². The maximum Gasteiger partial charge on any atom is 0.0236 e. The first-order chi connectivity index (χ1) is 10.4. The monoisotopic (exact) mass is 284 g/mol. The Bertz CT molecular complexity index is 490. The van der Waals surface area contributed by atoms with Gasteiger partial charge < -0.3 is 5.32 Å². The first-order valence-electron chi connectivity index (χ1n) is 8.95. The van der Waals surface area contributed by atoms with Gasteiger partial charge >= 0.3 is 0 Å². The smallest absolute Gasteiger partial charge is 0.0236 e. The molecule has 1 saturated heterocycles. The van der Waals surface area contributed by atoms with Crippen molar-refractivity contribution in [3.63, 3.8) is 0 Å². The number of rotatable bonds is 3. The second kappa shape index (κ2) is 6.10. The topological polar surface area (TPSA) is 15.3 Å². The van der Waals surface area contributed by atoms with E-state index in [1.807, 2.05) is 0 Å². The second-order valence-electron chi connectivity index (χ2n) is 7.25. The van der Waals surface area contributed by atoms with Gasteiger partial charge in [-0.05, 0) is 67.8 Å². The molecular weight excluding hydrogens is 256 g/mol. The lowest BCUT2D eigenvalue weighted by atomic mass is 9.95. The number of nitrogens with zero attached hydrogens (tertiary/aromatic N) is 1. The van der Waals surface area contributed by atoms with Gasteiger partial charge in [0.2, 0.25) is 0 Å². The van der Waals surface area contributed by atoms with Crippen LogP contribution in [0.1, 0.15) is 55.2 Å². The molecule has 2 nitrogen and oxygen atoms in total. The first kappa shape index (κ1) is 13.8. The normalized spacial score (nSPS) is 27.1. The molecule has 2 heteroatoms. The number of hydrogen-bond acceptors (Lipinski definition) is 2. The highest BCUT2D eigenvalue weighted by Crippen LogP contribution is 2.36. The van der Waals surface area contributed by atoms with E-state index in [9.17, 15) is 0 Å². The minimum Gasteiger partial charge on any atom is -0.312 e. The molecule has 0 aromatic heterocycles. The molecule has 1 aromatic carbocycles. The number of nitrogens with one attached hydrogen (secondary N) is 1. The molecule has 4 rings (SSSR count). The third-order valence-electron chi connectivity index (χ3n) is 5.90. The minimum absolute atomic E-state index is 0.877. The Morgan fingerprint density at radius 1 is 1.05 bits per heavy atom. The second-order valence-corrected chi connectivity index (χ2v) is 7.25. The third-order valence-corrected chi connectivity index (χ3v) is 5.90. The maximum absolute atomic E-state index is 3.50. The van der Waals surface area contributed by atoms with Crippen LogP contribution >= 0.6 is 0 Å². The highest BCUT2D eigenvalue weighted by molar-refractivity contribution is 5.33. The average Bonchev–Trinajstić information content (AvgIpc) is 3.18. The lowest BCUT2D eigenvalue weighted by Crippen LogP contribution is -2.34. The standard InChI is InChI=1S/C19H28N2/c1-2-5-17(4-1)19-6-3-11-21(19)14-15-7-8-16-9-10-20-13-18(16)12-15/h7-8,12,17,19-20H,1-6,9-11,13-14H2. The molecule has 1 N–H and O–H groups in total. The van der Waals surface area contributed by atoms with E-state index in [0.717, 1.165) is 25.0 Å². The lowest BCUT2D eigenvalue weighted by Gasteiger charge is -2.30. The van der Waals surface area contributed by atoms with E-state index < -0.39 is 0 Å². The SMILES string of the molecule is c1cc2c(cc1CN1CCCC1C1CCCC1)CNCC2. The fourth-order valence-corrected chi connectivity index (χ4v) is 4.79. The molecule has 2 heterocycles. The van der Waals surface area contributed by atoms with Gasteiger partial charge in [0.05, 0.1) is 0 Å². The zero-order valence-electron chi connectivity index (χ0n) is 13.1.